The van der Waals surface area contributed by atoms with Crippen molar-refractivity contribution in [3.63, 3.8) is 0 Å². The van der Waals surface area contributed by atoms with Crippen LogP contribution in [-0.2, 0) is 16.0 Å². The predicted molar refractivity (Wildman–Crippen MR) is 112 cm³/mol. The zero-order valence-electron chi connectivity index (χ0n) is 17.0. The molecule has 29 heavy (non-hydrogen) atoms. The van der Waals surface area contributed by atoms with Crippen molar-refractivity contribution in [2.45, 2.75) is 31.7 Å². The molecule has 0 spiro atoms. The van der Waals surface area contributed by atoms with Crippen molar-refractivity contribution in [3.8, 4) is 0 Å². The molecule has 1 aromatic heterocycles. The summed E-state index contributed by atoms with van der Waals surface area (Å²) in [5.41, 5.74) is 2.20. The lowest BCUT2D eigenvalue weighted by Gasteiger charge is -2.30. The van der Waals surface area contributed by atoms with E-state index in [-0.39, 0.29) is 11.9 Å². The first-order valence-electron chi connectivity index (χ1n) is 9.81. The molecule has 1 fully saturated rings. The SMILES string of the molecule is COCCC1(NC(=O)Nc2cccc(C)c2)CCN(C(=O)Cc2cccnc2)C1. The van der Waals surface area contributed by atoms with E-state index in [0.29, 0.717) is 39.0 Å². The van der Waals surface area contributed by atoms with E-state index in [2.05, 4.69) is 15.6 Å². The zero-order valence-corrected chi connectivity index (χ0v) is 17.0. The van der Waals surface area contributed by atoms with Gasteiger partial charge in [0.15, 0.2) is 0 Å². The lowest BCUT2D eigenvalue weighted by Crippen LogP contribution is -2.53. The van der Waals surface area contributed by atoms with Gasteiger partial charge in [0.05, 0.1) is 12.0 Å². The number of carbonyl (C=O) groups excluding carboxylic acids is 2. The van der Waals surface area contributed by atoms with E-state index in [1.807, 2.05) is 48.2 Å². The Labute approximate surface area is 171 Å². The number of amides is 3. The van der Waals surface area contributed by atoms with Crippen molar-refractivity contribution in [2.24, 2.45) is 0 Å². The molecule has 0 saturated carbocycles. The number of aromatic nitrogens is 1. The van der Waals surface area contributed by atoms with E-state index in [4.69, 9.17) is 4.74 Å². The van der Waals surface area contributed by atoms with Crippen LogP contribution >= 0.6 is 0 Å². The topological polar surface area (TPSA) is 83.6 Å². The second-order valence-electron chi connectivity index (χ2n) is 7.58. The number of likely N-dealkylation sites (tertiary alicyclic amines) is 1. The Hall–Kier alpha value is -2.93. The minimum Gasteiger partial charge on any atom is -0.385 e. The molecule has 2 N–H and O–H groups in total. The summed E-state index contributed by atoms with van der Waals surface area (Å²) in [5, 5.41) is 6.00. The molecule has 3 amide bonds. The Morgan fingerprint density at radius 2 is 2.14 bits per heavy atom. The van der Waals surface area contributed by atoms with Crippen LogP contribution in [0.15, 0.2) is 48.8 Å². The monoisotopic (exact) mass is 396 g/mol. The molecule has 0 aliphatic carbocycles. The number of rotatable bonds is 7. The molecule has 7 heteroatoms. The van der Waals surface area contributed by atoms with Crippen molar-refractivity contribution in [2.75, 3.05) is 32.1 Å². The lowest BCUT2D eigenvalue weighted by atomic mass is 9.94. The first kappa shape index (κ1) is 20.8. The number of nitrogens with zero attached hydrogens (tertiary/aromatic N) is 2. The van der Waals surface area contributed by atoms with Gasteiger partial charge in [0.1, 0.15) is 0 Å². The maximum atomic E-state index is 12.7. The van der Waals surface area contributed by atoms with E-state index in [1.54, 1.807) is 19.5 Å². The number of hydrogen-bond acceptors (Lipinski definition) is 4. The first-order chi connectivity index (χ1) is 14.0. The lowest BCUT2D eigenvalue weighted by molar-refractivity contribution is -0.129. The molecule has 1 saturated heterocycles. The van der Waals surface area contributed by atoms with Crippen LogP contribution in [0.2, 0.25) is 0 Å². The summed E-state index contributed by atoms with van der Waals surface area (Å²) in [5.74, 6) is 0.0400. The molecule has 2 aromatic rings. The fourth-order valence-electron chi connectivity index (χ4n) is 3.67. The van der Waals surface area contributed by atoms with Gasteiger partial charge in [0, 0.05) is 44.9 Å². The van der Waals surface area contributed by atoms with Crippen LogP contribution < -0.4 is 10.6 Å². The van der Waals surface area contributed by atoms with Gasteiger partial charge in [-0.3, -0.25) is 9.78 Å². The average Bonchev–Trinajstić information content (AvgIpc) is 3.11. The van der Waals surface area contributed by atoms with Gasteiger partial charge in [-0.25, -0.2) is 4.79 Å². The molecule has 0 bridgehead atoms. The normalized spacial score (nSPS) is 18.5. The van der Waals surface area contributed by atoms with E-state index in [0.717, 1.165) is 16.8 Å². The summed E-state index contributed by atoms with van der Waals surface area (Å²) >= 11 is 0. The molecule has 0 radical (unpaired) electrons. The summed E-state index contributed by atoms with van der Waals surface area (Å²) in [6.07, 6.45) is 5.04. The third-order valence-electron chi connectivity index (χ3n) is 5.22. The van der Waals surface area contributed by atoms with Crippen molar-refractivity contribution in [3.05, 3.63) is 59.9 Å². The van der Waals surface area contributed by atoms with Crippen LogP contribution in [0, 0.1) is 6.92 Å². The maximum absolute atomic E-state index is 12.7. The van der Waals surface area contributed by atoms with E-state index >= 15 is 0 Å². The molecule has 1 atom stereocenters. The summed E-state index contributed by atoms with van der Waals surface area (Å²) in [6.45, 7) is 3.56. The highest BCUT2D eigenvalue weighted by Gasteiger charge is 2.40. The third-order valence-corrected chi connectivity index (χ3v) is 5.22. The van der Waals surface area contributed by atoms with Crippen molar-refractivity contribution in [1.82, 2.24) is 15.2 Å². The van der Waals surface area contributed by atoms with Gasteiger partial charge < -0.3 is 20.3 Å². The Bertz CT molecular complexity index is 843. The minimum atomic E-state index is -0.505. The molecule has 1 unspecified atom stereocenters. The average molecular weight is 396 g/mol. The van der Waals surface area contributed by atoms with E-state index < -0.39 is 5.54 Å². The van der Waals surface area contributed by atoms with E-state index in [9.17, 15) is 9.59 Å². The second kappa shape index (κ2) is 9.52. The van der Waals surface area contributed by atoms with Crippen molar-refractivity contribution < 1.29 is 14.3 Å². The number of urea groups is 1. The number of hydrogen-bond donors (Lipinski definition) is 2. The highest BCUT2D eigenvalue weighted by molar-refractivity contribution is 5.90. The quantitative estimate of drug-likeness (QED) is 0.754. The zero-order chi connectivity index (χ0) is 20.7. The number of benzene rings is 1. The number of anilines is 1. The van der Waals surface area contributed by atoms with Gasteiger partial charge in [0.25, 0.3) is 0 Å². The Balaban J connectivity index is 1.64. The highest BCUT2D eigenvalue weighted by atomic mass is 16.5. The number of ether oxygens (including phenoxy) is 1. The van der Waals surface area contributed by atoms with Crippen LogP contribution in [0.5, 0.6) is 0 Å². The largest absolute Gasteiger partial charge is 0.385 e. The summed E-state index contributed by atoms with van der Waals surface area (Å²) in [6, 6.07) is 11.1. The van der Waals surface area contributed by atoms with Gasteiger partial charge in [-0.1, -0.05) is 18.2 Å². The Morgan fingerprint density at radius 3 is 2.86 bits per heavy atom. The Morgan fingerprint density at radius 1 is 1.28 bits per heavy atom. The van der Waals surface area contributed by atoms with E-state index in [1.165, 1.54) is 0 Å². The van der Waals surface area contributed by atoms with Gasteiger partial charge >= 0.3 is 6.03 Å². The Kier molecular flexibility index (Phi) is 6.82. The van der Waals surface area contributed by atoms with Crippen LogP contribution in [0.25, 0.3) is 0 Å². The van der Waals surface area contributed by atoms with Crippen LogP contribution in [0.3, 0.4) is 0 Å². The molecular formula is C22H28N4O3. The standard InChI is InChI=1S/C22H28N4O3/c1-17-5-3-7-19(13-17)24-21(28)25-22(9-12-29-2)8-11-26(16-22)20(27)14-18-6-4-10-23-15-18/h3-7,10,13,15H,8-9,11-12,14,16H2,1-2H3,(H2,24,25,28). The molecule has 3 rings (SSSR count). The van der Waals surface area contributed by atoms with Crippen molar-refractivity contribution >= 4 is 17.6 Å². The fourth-order valence-corrected chi connectivity index (χ4v) is 3.67. The molecular weight excluding hydrogens is 368 g/mol. The molecule has 154 valence electrons. The van der Waals surface area contributed by atoms with Crippen LogP contribution in [-0.4, -0.2) is 54.2 Å². The minimum absolute atomic E-state index is 0.0400. The number of carbonyl (C=O) groups is 2. The highest BCUT2D eigenvalue weighted by Crippen LogP contribution is 2.26. The van der Waals surface area contributed by atoms with Gasteiger partial charge in [-0.05, 0) is 49.1 Å². The van der Waals surface area contributed by atoms with Gasteiger partial charge in [-0.15, -0.1) is 0 Å². The smallest absolute Gasteiger partial charge is 0.319 e. The first-order valence-corrected chi connectivity index (χ1v) is 9.81. The van der Waals surface area contributed by atoms with Crippen molar-refractivity contribution in [1.29, 1.82) is 0 Å². The van der Waals surface area contributed by atoms with Gasteiger partial charge in [-0.2, -0.15) is 0 Å². The summed E-state index contributed by atoms with van der Waals surface area (Å²) in [7, 11) is 1.64. The summed E-state index contributed by atoms with van der Waals surface area (Å²) in [4.78, 5) is 31.3. The maximum Gasteiger partial charge on any atom is 0.319 e. The predicted octanol–water partition coefficient (Wildman–Crippen LogP) is 2.76. The summed E-state index contributed by atoms with van der Waals surface area (Å²) < 4.78 is 5.25. The van der Waals surface area contributed by atoms with Crippen LogP contribution in [0.1, 0.15) is 24.0 Å². The molecule has 1 aliphatic heterocycles. The molecule has 7 nitrogen and oxygen atoms in total. The fraction of sp³-hybridized carbons (Fsp3) is 0.409. The van der Waals surface area contributed by atoms with Crippen LogP contribution in [0.4, 0.5) is 10.5 Å². The number of methoxy groups -OCH3 is 1. The number of pyridine rings is 1. The molecule has 1 aromatic carbocycles. The third kappa shape index (κ3) is 5.77. The number of aryl methyl sites for hydroxylation is 1. The number of nitrogens with one attached hydrogen (secondary N) is 2. The molecule has 2 heterocycles. The van der Waals surface area contributed by atoms with Gasteiger partial charge in [0.2, 0.25) is 5.91 Å². The second-order valence-corrected chi connectivity index (χ2v) is 7.58. The molecule has 1 aliphatic rings.